The van der Waals surface area contributed by atoms with Gasteiger partial charge in [-0.3, -0.25) is 4.98 Å². The van der Waals surface area contributed by atoms with Crippen LogP contribution in [0.1, 0.15) is 17.7 Å². The number of thioether (sulfide) groups is 2. The Morgan fingerprint density at radius 1 is 1.16 bits per heavy atom. The molecule has 0 N–H and O–H groups in total. The van der Waals surface area contributed by atoms with E-state index in [0.29, 0.717) is 11.9 Å². The summed E-state index contributed by atoms with van der Waals surface area (Å²) >= 11 is 3.81. The lowest BCUT2D eigenvalue weighted by Gasteiger charge is -2.14. The number of hydrogen-bond acceptors (Lipinski definition) is 4. The number of rotatable bonds is 8. The maximum Gasteiger partial charge on any atom is 0.119 e. The molecule has 0 saturated heterocycles. The third kappa shape index (κ3) is 5.68. The molecule has 130 valence electrons. The number of allylic oxidation sites excluding steroid dienone is 3. The summed E-state index contributed by atoms with van der Waals surface area (Å²) in [6.45, 7) is 2.89. The first-order valence-corrected chi connectivity index (χ1v) is 10.6. The van der Waals surface area contributed by atoms with E-state index < -0.39 is 0 Å². The Labute approximate surface area is 158 Å². The van der Waals surface area contributed by atoms with Crippen LogP contribution >= 0.6 is 23.5 Å². The Morgan fingerprint density at radius 2 is 2.04 bits per heavy atom. The summed E-state index contributed by atoms with van der Waals surface area (Å²) < 4.78 is 5.77. The van der Waals surface area contributed by atoms with E-state index in [9.17, 15) is 0 Å². The minimum Gasteiger partial charge on any atom is -0.493 e. The highest BCUT2D eigenvalue weighted by atomic mass is 32.2. The molecule has 0 spiro atoms. The standard InChI is InChI=1S/C21H23NOS2/c1-17-20(16-25-19-10-6-3-7-11-19)22-13-12-21(17)24-15-14-23-18-8-4-2-5-9-18/h2-10,12-13,19H,11,14-16H2,1H3. The summed E-state index contributed by atoms with van der Waals surface area (Å²) in [7, 11) is 0. The fourth-order valence-corrected chi connectivity index (χ4v) is 4.55. The van der Waals surface area contributed by atoms with Crippen molar-refractivity contribution in [2.24, 2.45) is 0 Å². The number of nitrogens with zero attached hydrogens (tertiary/aromatic N) is 1. The van der Waals surface area contributed by atoms with E-state index in [1.54, 1.807) is 0 Å². The molecular weight excluding hydrogens is 346 g/mol. The second-order valence-corrected chi connectivity index (χ2v) is 8.15. The predicted molar refractivity (Wildman–Crippen MR) is 110 cm³/mol. The van der Waals surface area contributed by atoms with Crippen LogP contribution in [0.5, 0.6) is 5.75 Å². The van der Waals surface area contributed by atoms with Gasteiger partial charge in [0.15, 0.2) is 0 Å². The average molecular weight is 370 g/mol. The number of ether oxygens (including phenoxy) is 1. The van der Waals surface area contributed by atoms with Crippen LogP contribution in [0.4, 0.5) is 0 Å². The first-order valence-electron chi connectivity index (χ1n) is 8.53. The Kier molecular flexibility index (Phi) is 7.07. The van der Waals surface area contributed by atoms with Gasteiger partial charge in [0.1, 0.15) is 5.75 Å². The SMILES string of the molecule is Cc1c(SCCOc2ccccc2)ccnc1CSC1C=CC=CC1. The highest BCUT2D eigenvalue weighted by Gasteiger charge is 2.10. The molecule has 0 fully saturated rings. The minimum atomic E-state index is 0.571. The molecule has 2 aromatic rings. The van der Waals surface area contributed by atoms with Crippen molar-refractivity contribution >= 4 is 23.5 Å². The maximum atomic E-state index is 5.77. The van der Waals surface area contributed by atoms with Gasteiger partial charge in [-0.2, -0.15) is 0 Å². The van der Waals surface area contributed by atoms with E-state index in [2.05, 4.69) is 42.3 Å². The normalized spacial score (nSPS) is 16.1. The molecule has 0 radical (unpaired) electrons. The third-order valence-corrected chi connectivity index (χ3v) is 6.33. The number of benzene rings is 1. The second kappa shape index (κ2) is 9.73. The summed E-state index contributed by atoms with van der Waals surface area (Å²) in [5.74, 6) is 2.83. The summed E-state index contributed by atoms with van der Waals surface area (Å²) in [6, 6.07) is 12.1. The largest absolute Gasteiger partial charge is 0.493 e. The molecule has 1 heterocycles. The minimum absolute atomic E-state index is 0.571. The fourth-order valence-electron chi connectivity index (χ4n) is 2.56. The molecule has 1 unspecified atom stereocenters. The van der Waals surface area contributed by atoms with Gasteiger partial charge in [0.25, 0.3) is 0 Å². The zero-order valence-corrected chi connectivity index (χ0v) is 16.1. The molecule has 0 saturated carbocycles. The third-order valence-electron chi connectivity index (χ3n) is 3.99. The van der Waals surface area contributed by atoms with E-state index in [0.717, 1.165) is 23.7 Å². The van der Waals surface area contributed by atoms with Gasteiger partial charge in [-0.1, -0.05) is 42.5 Å². The van der Waals surface area contributed by atoms with Gasteiger partial charge in [0.2, 0.25) is 0 Å². The van der Waals surface area contributed by atoms with Crippen LogP contribution in [-0.4, -0.2) is 22.6 Å². The first kappa shape index (κ1) is 18.2. The zero-order valence-electron chi connectivity index (χ0n) is 14.4. The van der Waals surface area contributed by atoms with Crippen LogP contribution in [0.3, 0.4) is 0 Å². The Morgan fingerprint density at radius 3 is 2.84 bits per heavy atom. The van der Waals surface area contributed by atoms with Crippen molar-refractivity contribution in [3.05, 3.63) is 78.2 Å². The molecule has 1 atom stereocenters. The molecule has 3 rings (SSSR count). The van der Waals surface area contributed by atoms with E-state index >= 15 is 0 Å². The molecule has 25 heavy (non-hydrogen) atoms. The summed E-state index contributed by atoms with van der Waals surface area (Å²) in [4.78, 5) is 5.90. The first-order chi connectivity index (χ1) is 12.3. The Balaban J connectivity index is 1.48. The fraction of sp³-hybridized carbons (Fsp3) is 0.286. The average Bonchev–Trinajstić information content (AvgIpc) is 2.67. The number of hydrogen-bond donors (Lipinski definition) is 0. The van der Waals surface area contributed by atoms with Gasteiger partial charge in [-0.25, -0.2) is 0 Å². The van der Waals surface area contributed by atoms with Crippen LogP contribution in [0.2, 0.25) is 0 Å². The highest BCUT2D eigenvalue weighted by Crippen LogP contribution is 2.28. The lowest BCUT2D eigenvalue weighted by Crippen LogP contribution is -2.03. The van der Waals surface area contributed by atoms with Crippen LogP contribution in [0.15, 0.2) is 71.8 Å². The molecule has 0 aliphatic heterocycles. The van der Waals surface area contributed by atoms with E-state index in [4.69, 9.17) is 4.74 Å². The van der Waals surface area contributed by atoms with Gasteiger partial charge < -0.3 is 4.74 Å². The lowest BCUT2D eigenvalue weighted by atomic mass is 10.2. The number of aromatic nitrogens is 1. The van der Waals surface area contributed by atoms with Crippen molar-refractivity contribution in [1.82, 2.24) is 4.98 Å². The van der Waals surface area contributed by atoms with Crippen LogP contribution in [0, 0.1) is 6.92 Å². The van der Waals surface area contributed by atoms with Gasteiger partial charge in [0, 0.05) is 27.8 Å². The van der Waals surface area contributed by atoms with Gasteiger partial charge >= 0.3 is 0 Å². The summed E-state index contributed by atoms with van der Waals surface area (Å²) in [5.41, 5.74) is 2.50. The molecule has 0 bridgehead atoms. The van der Waals surface area contributed by atoms with Crippen LogP contribution < -0.4 is 4.74 Å². The summed E-state index contributed by atoms with van der Waals surface area (Å²) in [6.07, 6.45) is 11.8. The van der Waals surface area contributed by atoms with Crippen LogP contribution in [-0.2, 0) is 5.75 Å². The molecule has 1 aromatic heterocycles. The zero-order chi connectivity index (χ0) is 17.3. The van der Waals surface area contributed by atoms with Crippen molar-refractivity contribution in [1.29, 1.82) is 0 Å². The Bertz CT molecular complexity index is 728. The maximum absolute atomic E-state index is 5.77. The van der Waals surface area contributed by atoms with Gasteiger partial charge in [0.05, 0.1) is 12.3 Å². The topological polar surface area (TPSA) is 22.1 Å². The lowest BCUT2D eigenvalue weighted by molar-refractivity contribution is 0.344. The van der Waals surface area contributed by atoms with E-state index in [1.165, 1.54) is 16.2 Å². The van der Waals surface area contributed by atoms with Crippen LogP contribution in [0.25, 0.3) is 0 Å². The monoisotopic (exact) mass is 369 g/mol. The van der Waals surface area contributed by atoms with Crippen molar-refractivity contribution in [2.45, 2.75) is 29.2 Å². The smallest absolute Gasteiger partial charge is 0.119 e. The van der Waals surface area contributed by atoms with Gasteiger partial charge in [-0.05, 0) is 37.1 Å². The Hall–Kier alpha value is -1.65. The van der Waals surface area contributed by atoms with Crippen molar-refractivity contribution in [2.75, 3.05) is 12.4 Å². The number of pyridine rings is 1. The quantitative estimate of drug-likeness (QED) is 0.441. The molecule has 1 aliphatic rings. The van der Waals surface area contributed by atoms with Crippen molar-refractivity contribution in [3.63, 3.8) is 0 Å². The molecule has 4 heteroatoms. The van der Waals surface area contributed by atoms with E-state index in [-0.39, 0.29) is 0 Å². The number of para-hydroxylation sites is 1. The van der Waals surface area contributed by atoms with Gasteiger partial charge in [-0.15, -0.1) is 23.5 Å². The highest BCUT2D eigenvalue weighted by molar-refractivity contribution is 7.99. The molecular formula is C21H23NOS2. The summed E-state index contributed by atoms with van der Waals surface area (Å²) in [5, 5.41) is 0.571. The molecule has 1 aliphatic carbocycles. The predicted octanol–water partition coefficient (Wildman–Crippen LogP) is 5.68. The molecule has 1 aromatic carbocycles. The van der Waals surface area contributed by atoms with E-state index in [1.807, 2.05) is 60.1 Å². The second-order valence-electron chi connectivity index (χ2n) is 5.79. The molecule has 0 amide bonds. The molecule has 2 nitrogen and oxygen atoms in total. The van der Waals surface area contributed by atoms with Crippen molar-refractivity contribution in [3.8, 4) is 5.75 Å². The van der Waals surface area contributed by atoms with Crippen molar-refractivity contribution < 1.29 is 4.74 Å².